The minimum atomic E-state index is 0.544. The Balaban J connectivity index is 2.71. The molecule has 0 aromatic carbocycles. The molecule has 2 N–H and O–H groups in total. The Morgan fingerprint density at radius 2 is 1.67 bits per heavy atom. The fourth-order valence-corrected chi connectivity index (χ4v) is 2.09. The summed E-state index contributed by atoms with van der Waals surface area (Å²) in [7, 11) is 0. The van der Waals surface area contributed by atoms with Crippen molar-refractivity contribution in [2.45, 2.75) is 27.7 Å². The predicted octanol–water partition coefficient (Wildman–Crippen LogP) is 2.24. The van der Waals surface area contributed by atoms with Gasteiger partial charge in [-0.2, -0.15) is 0 Å². The number of hydrogen-bond donors (Lipinski definition) is 1. The third-order valence-electron chi connectivity index (χ3n) is 1.87. The number of aromatic nitrogens is 2. The highest BCUT2D eigenvalue weighted by molar-refractivity contribution is 7.18. The SMILES string of the molecule is CC(C)CN(CC(C)C)c1nnc(N)s1. The molecule has 0 aliphatic rings. The van der Waals surface area contributed by atoms with E-state index in [4.69, 9.17) is 5.73 Å². The molecule has 0 fully saturated rings. The van der Waals surface area contributed by atoms with Gasteiger partial charge in [-0.25, -0.2) is 0 Å². The van der Waals surface area contributed by atoms with Crippen LogP contribution in [0.5, 0.6) is 0 Å². The van der Waals surface area contributed by atoms with Crippen LogP contribution < -0.4 is 10.6 Å². The molecule has 86 valence electrons. The average molecular weight is 228 g/mol. The van der Waals surface area contributed by atoms with E-state index < -0.39 is 0 Å². The molecule has 0 amide bonds. The fraction of sp³-hybridized carbons (Fsp3) is 0.800. The van der Waals surface area contributed by atoms with Crippen LogP contribution in [0.3, 0.4) is 0 Å². The van der Waals surface area contributed by atoms with E-state index in [0.717, 1.165) is 18.2 Å². The van der Waals surface area contributed by atoms with Crippen molar-refractivity contribution in [1.29, 1.82) is 0 Å². The first-order valence-electron chi connectivity index (χ1n) is 5.33. The zero-order chi connectivity index (χ0) is 11.4. The smallest absolute Gasteiger partial charge is 0.209 e. The molecule has 1 heterocycles. The molecule has 0 aliphatic carbocycles. The number of rotatable bonds is 5. The molecular weight excluding hydrogens is 208 g/mol. The molecular formula is C10H20N4S. The predicted molar refractivity (Wildman–Crippen MR) is 66.2 cm³/mol. The second-order valence-corrected chi connectivity index (χ2v) is 5.60. The van der Waals surface area contributed by atoms with Crippen LogP contribution in [0.1, 0.15) is 27.7 Å². The molecule has 0 atom stereocenters. The van der Waals surface area contributed by atoms with Crippen LogP contribution in [-0.2, 0) is 0 Å². The van der Waals surface area contributed by atoms with Gasteiger partial charge in [0.25, 0.3) is 0 Å². The first-order valence-corrected chi connectivity index (χ1v) is 6.14. The van der Waals surface area contributed by atoms with Gasteiger partial charge in [-0.1, -0.05) is 39.0 Å². The second-order valence-electron chi connectivity index (χ2n) is 4.62. The summed E-state index contributed by atoms with van der Waals surface area (Å²) >= 11 is 1.46. The molecule has 0 saturated heterocycles. The van der Waals surface area contributed by atoms with Crippen LogP contribution >= 0.6 is 11.3 Å². The van der Waals surface area contributed by atoms with Crippen molar-refractivity contribution in [3.8, 4) is 0 Å². The first kappa shape index (κ1) is 12.2. The third kappa shape index (κ3) is 4.03. The highest BCUT2D eigenvalue weighted by atomic mass is 32.1. The van der Waals surface area contributed by atoms with Gasteiger partial charge >= 0.3 is 0 Å². The first-order chi connectivity index (χ1) is 6.99. The van der Waals surface area contributed by atoms with Crippen molar-refractivity contribution in [2.24, 2.45) is 11.8 Å². The lowest BCUT2D eigenvalue weighted by Gasteiger charge is -2.25. The Morgan fingerprint density at radius 1 is 1.13 bits per heavy atom. The largest absolute Gasteiger partial charge is 0.374 e. The maximum Gasteiger partial charge on any atom is 0.209 e. The van der Waals surface area contributed by atoms with Gasteiger partial charge in [0.05, 0.1) is 0 Å². The summed E-state index contributed by atoms with van der Waals surface area (Å²) in [5.41, 5.74) is 5.60. The summed E-state index contributed by atoms with van der Waals surface area (Å²) in [4.78, 5) is 2.27. The van der Waals surface area contributed by atoms with Gasteiger partial charge in [-0.3, -0.25) is 0 Å². The van der Waals surface area contributed by atoms with Gasteiger partial charge in [-0.05, 0) is 11.8 Å². The molecule has 0 saturated carbocycles. The van der Waals surface area contributed by atoms with Crippen LogP contribution in [0.15, 0.2) is 0 Å². The Hall–Kier alpha value is -0.840. The standard InChI is InChI=1S/C10H20N4S/c1-7(2)5-14(6-8(3)4)10-13-12-9(11)15-10/h7-8H,5-6H2,1-4H3,(H2,11,12). The lowest BCUT2D eigenvalue weighted by molar-refractivity contribution is 0.550. The fourth-order valence-electron chi connectivity index (χ4n) is 1.47. The van der Waals surface area contributed by atoms with E-state index in [9.17, 15) is 0 Å². The summed E-state index contributed by atoms with van der Waals surface area (Å²) in [5.74, 6) is 1.24. The third-order valence-corrected chi connectivity index (χ3v) is 2.68. The van der Waals surface area contributed by atoms with E-state index in [0.29, 0.717) is 17.0 Å². The Morgan fingerprint density at radius 3 is 2.00 bits per heavy atom. The van der Waals surface area contributed by atoms with Crippen molar-refractivity contribution in [3.05, 3.63) is 0 Å². The van der Waals surface area contributed by atoms with Gasteiger partial charge in [0.2, 0.25) is 10.3 Å². The maximum absolute atomic E-state index is 5.60. The van der Waals surface area contributed by atoms with Gasteiger partial charge in [0.15, 0.2) is 0 Å². The van der Waals surface area contributed by atoms with E-state index in [-0.39, 0.29) is 0 Å². The molecule has 5 heteroatoms. The van der Waals surface area contributed by atoms with E-state index in [1.807, 2.05) is 0 Å². The molecule has 0 spiro atoms. The summed E-state index contributed by atoms with van der Waals surface area (Å²) in [6, 6.07) is 0. The summed E-state index contributed by atoms with van der Waals surface area (Å²) in [6.07, 6.45) is 0. The Labute approximate surface area is 95.5 Å². The number of nitrogens with zero attached hydrogens (tertiary/aromatic N) is 3. The number of anilines is 2. The zero-order valence-electron chi connectivity index (χ0n) is 9.90. The molecule has 4 nitrogen and oxygen atoms in total. The van der Waals surface area contributed by atoms with Gasteiger partial charge in [0.1, 0.15) is 0 Å². The van der Waals surface area contributed by atoms with Crippen LogP contribution in [0.4, 0.5) is 10.3 Å². The van der Waals surface area contributed by atoms with E-state index in [1.54, 1.807) is 0 Å². The van der Waals surface area contributed by atoms with Crippen molar-refractivity contribution in [1.82, 2.24) is 10.2 Å². The molecule has 0 unspecified atom stereocenters. The van der Waals surface area contributed by atoms with E-state index in [1.165, 1.54) is 11.3 Å². The minimum Gasteiger partial charge on any atom is -0.374 e. The number of hydrogen-bond acceptors (Lipinski definition) is 5. The number of nitrogens with two attached hydrogens (primary N) is 1. The Bertz CT molecular complexity index is 285. The molecule has 0 bridgehead atoms. The average Bonchev–Trinajstić information content (AvgIpc) is 2.48. The lowest BCUT2D eigenvalue weighted by Crippen LogP contribution is -2.31. The Kier molecular flexibility index (Phi) is 4.32. The van der Waals surface area contributed by atoms with Crippen molar-refractivity contribution < 1.29 is 0 Å². The van der Waals surface area contributed by atoms with Crippen LogP contribution in [0, 0.1) is 11.8 Å². The normalized spacial score (nSPS) is 11.3. The molecule has 0 aliphatic heterocycles. The minimum absolute atomic E-state index is 0.544. The highest BCUT2D eigenvalue weighted by Gasteiger charge is 2.14. The van der Waals surface area contributed by atoms with E-state index in [2.05, 4.69) is 42.8 Å². The molecule has 1 aromatic heterocycles. The van der Waals surface area contributed by atoms with Crippen molar-refractivity contribution in [3.63, 3.8) is 0 Å². The lowest BCUT2D eigenvalue weighted by atomic mass is 10.1. The summed E-state index contributed by atoms with van der Waals surface area (Å²) < 4.78 is 0. The van der Waals surface area contributed by atoms with Crippen LogP contribution in [0.2, 0.25) is 0 Å². The van der Waals surface area contributed by atoms with Crippen LogP contribution in [0.25, 0.3) is 0 Å². The molecule has 0 radical (unpaired) electrons. The van der Waals surface area contributed by atoms with E-state index >= 15 is 0 Å². The van der Waals surface area contributed by atoms with Crippen molar-refractivity contribution >= 4 is 21.6 Å². The summed E-state index contributed by atoms with van der Waals surface area (Å²) in [6.45, 7) is 10.8. The van der Waals surface area contributed by atoms with Gasteiger partial charge in [0, 0.05) is 13.1 Å². The monoisotopic (exact) mass is 228 g/mol. The molecule has 15 heavy (non-hydrogen) atoms. The number of nitrogen functional groups attached to an aromatic ring is 1. The summed E-state index contributed by atoms with van der Waals surface area (Å²) in [5, 5.41) is 9.43. The van der Waals surface area contributed by atoms with Crippen LogP contribution in [-0.4, -0.2) is 23.3 Å². The quantitative estimate of drug-likeness (QED) is 0.839. The zero-order valence-corrected chi connectivity index (χ0v) is 10.7. The van der Waals surface area contributed by atoms with Gasteiger partial charge < -0.3 is 10.6 Å². The maximum atomic E-state index is 5.60. The van der Waals surface area contributed by atoms with Crippen molar-refractivity contribution in [2.75, 3.05) is 23.7 Å². The van der Waals surface area contributed by atoms with Gasteiger partial charge in [-0.15, -0.1) is 10.2 Å². The topological polar surface area (TPSA) is 55.0 Å². The molecule has 1 aromatic rings. The molecule has 1 rings (SSSR count). The highest BCUT2D eigenvalue weighted by Crippen LogP contribution is 2.23. The second kappa shape index (κ2) is 5.30.